The highest BCUT2D eigenvalue weighted by Crippen LogP contribution is 2.22. The zero-order valence-corrected chi connectivity index (χ0v) is 17.4. The van der Waals surface area contributed by atoms with Gasteiger partial charge in [-0.05, 0) is 54.7 Å². The van der Waals surface area contributed by atoms with E-state index in [2.05, 4.69) is 16.0 Å². The van der Waals surface area contributed by atoms with Gasteiger partial charge in [-0.2, -0.15) is 0 Å². The molecule has 0 aliphatic heterocycles. The molecule has 30 heavy (non-hydrogen) atoms. The number of benzene rings is 3. The van der Waals surface area contributed by atoms with Gasteiger partial charge in [0.05, 0.1) is 23.5 Å². The molecule has 0 saturated heterocycles. The Bertz CT molecular complexity index is 1050. The minimum Gasteiger partial charge on any atom is -0.492 e. The maximum atomic E-state index is 13.8. The number of carbonyl (C=O) groups excluding carboxylic acids is 1. The van der Waals surface area contributed by atoms with E-state index in [9.17, 15) is 9.18 Å². The van der Waals surface area contributed by atoms with E-state index in [0.29, 0.717) is 40.4 Å². The van der Waals surface area contributed by atoms with Gasteiger partial charge in [0.15, 0.2) is 5.11 Å². The van der Waals surface area contributed by atoms with Crippen molar-refractivity contribution in [1.82, 2.24) is 5.32 Å². The SMILES string of the molecule is O=C(Nc1ccccc1NC(=S)NCCOc1cccc(Cl)c1)c1ccccc1F. The van der Waals surface area contributed by atoms with Crippen LogP contribution in [0.1, 0.15) is 10.4 Å². The molecule has 0 fully saturated rings. The molecule has 8 heteroatoms. The molecular weight excluding hydrogens is 425 g/mol. The van der Waals surface area contributed by atoms with Gasteiger partial charge >= 0.3 is 0 Å². The minimum atomic E-state index is -0.586. The van der Waals surface area contributed by atoms with Crippen molar-refractivity contribution in [3.8, 4) is 5.75 Å². The predicted molar refractivity (Wildman–Crippen MR) is 122 cm³/mol. The average molecular weight is 444 g/mol. The first-order chi connectivity index (χ1) is 14.5. The van der Waals surface area contributed by atoms with Crippen molar-refractivity contribution in [3.05, 3.63) is 89.2 Å². The number of amides is 1. The molecule has 3 aromatic rings. The van der Waals surface area contributed by atoms with Crippen LogP contribution in [0.25, 0.3) is 0 Å². The first-order valence-electron chi connectivity index (χ1n) is 9.11. The van der Waals surface area contributed by atoms with Gasteiger partial charge in [0.1, 0.15) is 18.2 Å². The second-order valence-electron chi connectivity index (χ2n) is 6.17. The van der Waals surface area contributed by atoms with Crippen LogP contribution >= 0.6 is 23.8 Å². The largest absolute Gasteiger partial charge is 0.492 e. The van der Waals surface area contributed by atoms with E-state index in [1.807, 2.05) is 12.1 Å². The van der Waals surface area contributed by atoms with Crippen LogP contribution in [-0.4, -0.2) is 24.2 Å². The van der Waals surface area contributed by atoms with Crippen LogP contribution in [0.15, 0.2) is 72.8 Å². The van der Waals surface area contributed by atoms with Gasteiger partial charge in [0.25, 0.3) is 5.91 Å². The molecule has 3 N–H and O–H groups in total. The maximum Gasteiger partial charge on any atom is 0.258 e. The number of anilines is 2. The summed E-state index contributed by atoms with van der Waals surface area (Å²) in [7, 11) is 0. The van der Waals surface area contributed by atoms with Crippen molar-refractivity contribution in [2.75, 3.05) is 23.8 Å². The Morgan fingerprint density at radius 1 is 0.967 bits per heavy atom. The predicted octanol–water partition coefficient (Wildman–Crippen LogP) is 5.10. The summed E-state index contributed by atoms with van der Waals surface area (Å²) in [6.45, 7) is 0.843. The lowest BCUT2D eigenvalue weighted by molar-refractivity contribution is 0.102. The summed E-state index contributed by atoms with van der Waals surface area (Å²) in [5, 5.41) is 9.71. The molecule has 0 spiro atoms. The Kier molecular flexibility index (Phi) is 7.59. The fourth-order valence-corrected chi connectivity index (χ4v) is 2.99. The zero-order chi connectivity index (χ0) is 21.3. The molecule has 0 aliphatic rings. The van der Waals surface area contributed by atoms with Gasteiger partial charge in [0.2, 0.25) is 0 Å². The van der Waals surface area contributed by atoms with E-state index >= 15 is 0 Å². The van der Waals surface area contributed by atoms with E-state index in [4.69, 9.17) is 28.6 Å². The summed E-state index contributed by atoms with van der Waals surface area (Å²) in [6, 6.07) is 19.9. The fraction of sp³-hybridized carbons (Fsp3) is 0.0909. The number of para-hydroxylation sites is 2. The molecule has 3 rings (SSSR count). The van der Waals surface area contributed by atoms with Crippen LogP contribution < -0.4 is 20.7 Å². The second kappa shape index (κ2) is 10.6. The summed E-state index contributed by atoms with van der Waals surface area (Å²) in [6.07, 6.45) is 0. The zero-order valence-electron chi connectivity index (χ0n) is 15.8. The summed E-state index contributed by atoms with van der Waals surface area (Å²) in [5.41, 5.74) is 1.02. The quantitative estimate of drug-likeness (QED) is 0.350. The topological polar surface area (TPSA) is 62.4 Å². The number of carbonyl (C=O) groups is 1. The van der Waals surface area contributed by atoms with Crippen LogP contribution in [0.4, 0.5) is 15.8 Å². The molecular formula is C22H19ClFN3O2S. The second-order valence-corrected chi connectivity index (χ2v) is 7.01. The number of thiocarbonyl (C=S) groups is 1. The monoisotopic (exact) mass is 443 g/mol. The normalized spacial score (nSPS) is 10.2. The molecule has 0 radical (unpaired) electrons. The van der Waals surface area contributed by atoms with Crippen molar-refractivity contribution in [1.29, 1.82) is 0 Å². The number of rotatable bonds is 7. The van der Waals surface area contributed by atoms with E-state index in [0.717, 1.165) is 0 Å². The Labute approximate surface area is 184 Å². The lowest BCUT2D eigenvalue weighted by Crippen LogP contribution is -2.32. The molecule has 0 bridgehead atoms. The molecule has 1 amide bonds. The smallest absolute Gasteiger partial charge is 0.258 e. The van der Waals surface area contributed by atoms with Gasteiger partial charge in [-0.15, -0.1) is 0 Å². The summed E-state index contributed by atoms with van der Waals surface area (Å²) in [4.78, 5) is 12.4. The minimum absolute atomic E-state index is 0.0360. The number of hydrogen-bond acceptors (Lipinski definition) is 3. The van der Waals surface area contributed by atoms with Gasteiger partial charge in [-0.3, -0.25) is 4.79 Å². The van der Waals surface area contributed by atoms with Crippen molar-refractivity contribution in [2.45, 2.75) is 0 Å². The summed E-state index contributed by atoms with van der Waals surface area (Å²) in [5.74, 6) is -0.460. The number of ether oxygens (including phenoxy) is 1. The lowest BCUT2D eigenvalue weighted by Gasteiger charge is -2.15. The highest BCUT2D eigenvalue weighted by Gasteiger charge is 2.13. The van der Waals surface area contributed by atoms with E-state index in [-0.39, 0.29) is 5.56 Å². The molecule has 0 saturated carbocycles. The number of halogens is 2. The highest BCUT2D eigenvalue weighted by atomic mass is 35.5. The van der Waals surface area contributed by atoms with E-state index < -0.39 is 11.7 Å². The van der Waals surface area contributed by atoms with Crippen LogP contribution in [0, 0.1) is 5.82 Å². The summed E-state index contributed by atoms with van der Waals surface area (Å²) >= 11 is 11.2. The molecule has 0 aromatic heterocycles. The average Bonchev–Trinajstić information content (AvgIpc) is 2.73. The molecule has 3 aromatic carbocycles. The van der Waals surface area contributed by atoms with E-state index in [1.165, 1.54) is 18.2 Å². The third-order valence-electron chi connectivity index (χ3n) is 3.99. The lowest BCUT2D eigenvalue weighted by atomic mass is 10.2. The number of hydrogen-bond donors (Lipinski definition) is 3. The van der Waals surface area contributed by atoms with Crippen LogP contribution in [0.5, 0.6) is 5.75 Å². The molecule has 0 heterocycles. The van der Waals surface area contributed by atoms with E-state index in [1.54, 1.807) is 42.5 Å². The molecule has 0 atom stereocenters. The van der Waals surface area contributed by atoms with Gasteiger partial charge in [-0.25, -0.2) is 4.39 Å². The van der Waals surface area contributed by atoms with Crippen molar-refractivity contribution >= 4 is 46.2 Å². The Morgan fingerprint density at radius 3 is 2.40 bits per heavy atom. The third-order valence-corrected chi connectivity index (χ3v) is 4.48. The van der Waals surface area contributed by atoms with Gasteiger partial charge in [-0.1, -0.05) is 41.9 Å². The molecule has 0 aliphatic carbocycles. The first kappa shape index (κ1) is 21.5. The molecule has 0 unspecified atom stereocenters. The fourth-order valence-electron chi connectivity index (χ4n) is 2.59. The standard InChI is InChI=1S/C22H19ClFN3O2S/c23-15-6-5-7-16(14-15)29-13-12-25-22(30)27-20-11-4-3-10-19(20)26-21(28)17-8-1-2-9-18(17)24/h1-11,14H,12-13H2,(H,26,28)(H2,25,27,30). The Morgan fingerprint density at radius 2 is 1.67 bits per heavy atom. The van der Waals surface area contributed by atoms with Crippen LogP contribution in [0.3, 0.4) is 0 Å². The molecule has 5 nitrogen and oxygen atoms in total. The van der Waals surface area contributed by atoms with Crippen LogP contribution in [0.2, 0.25) is 5.02 Å². The van der Waals surface area contributed by atoms with Crippen molar-refractivity contribution in [2.24, 2.45) is 0 Å². The number of nitrogens with one attached hydrogen (secondary N) is 3. The van der Waals surface area contributed by atoms with Crippen molar-refractivity contribution in [3.63, 3.8) is 0 Å². The highest BCUT2D eigenvalue weighted by molar-refractivity contribution is 7.80. The first-order valence-corrected chi connectivity index (χ1v) is 9.89. The third kappa shape index (κ3) is 6.17. The van der Waals surface area contributed by atoms with Gasteiger partial charge in [0, 0.05) is 5.02 Å². The summed E-state index contributed by atoms with van der Waals surface area (Å²) < 4.78 is 19.4. The van der Waals surface area contributed by atoms with Gasteiger partial charge < -0.3 is 20.7 Å². The van der Waals surface area contributed by atoms with Crippen molar-refractivity contribution < 1.29 is 13.9 Å². The molecule has 154 valence electrons. The Balaban J connectivity index is 1.53. The Hall–Kier alpha value is -3.16. The van der Waals surface area contributed by atoms with Crippen LogP contribution in [-0.2, 0) is 0 Å². The maximum absolute atomic E-state index is 13.8.